The molecule has 0 aliphatic heterocycles. The van der Waals surface area contributed by atoms with Crippen LogP contribution >= 0.6 is 12.2 Å². The van der Waals surface area contributed by atoms with Gasteiger partial charge in [-0.2, -0.15) is 0 Å². The molecule has 4 unspecified atom stereocenters. The summed E-state index contributed by atoms with van der Waals surface area (Å²) < 4.78 is 0. The highest BCUT2D eigenvalue weighted by atomic mass is 32.1. The van der Waals surface area contributed by atoms with E-state index in [9.17, 15) is 0 Å². The van der Waals surface area contributed by atoms with Gasteiger partial charge in [-0.1, -0.05) is 40.0 Å². The van der Waals surface area contributed by atoms with Gasteiger partial charge in [0.05, 0.1) is 11.2 Å². The van der Waals surface area contributed by atoms with E-state index in [1.165, 1.54) is 25.7 Å². The third-order valence-electron chi connectivity index (χ3n) is 3.84. The maximum absolute atomic E-state index is 4.76. The molecule has 1 aliphatic rings. The molecule has 0 N–H and O–H groups in total. The standard InChI is InChI=1S/C12H21NS/c1-4-10-7-6-9(3)11(5-2)12(10)13-8-14/h9-12H,4-7H2,1-3H3. The number of aliphatic imine (C=N–C) groups is 1. The van der Waals surface area contributed by atoms with Gasteiger partial charge in [0, 0.05) is 0 Å². The van der Waals surface area contributed by atoms with Crippen molar-refractivity contribution < 1.29 is 0 Å². The summed E-state index contributed by atoms with van der Waals surface area (Å²) in [5, 5.41) is 2.59. The van der Waals surface area contributed by atoms with Gasteiger partial charge >= 0.3 is 0 Å². The summed E-state index contributed by atoms with van der Waals surface area (Å²) in [7, 11) is 0. The third kappa shape index (κ3) is 2.43. The van der Waals surface area contributed by atoms with E-state index < -0.39 is 0 Å². The Hall–Kier alpha value is -0.200. The molecule has 0 amide bonds. The molecule has 1 rings (SSSR count). The van der Waals surface area contributed by atoms with Gasteiger partial charge in [-0.3, -0.25) is 0 Å². The van der Waals surface area contributed by atoms with Gasteiger partial charge in [-0.05, 0) is 36.4 Å². The minimum atomic E-state index is 0.450. The highest BCUT2D eigenvalue weighted by Crippen LogP contribution is 2.38. The van der Waals surface area contributed by atoms with E-state index in [0.29, 0.717) is 6.04 Å². The van der Waals surface area contributed by atoms with Crippen LogP contribution < -0.4 is 0 Å². The van der Waals surface area contributed by atoms with Crippen LogP contribution in [-0.4, -0.2) is 11.2 Å². The molecule has 1 nitrogen and oxygen atoms in total. The average Bonchev–Trinajstić information content (AvgIpc) is 2.19. The van der Waals surface area contributed by atoms with Crippen molar-refractivity contribution in [3.63, 3.8) is 0 Å². The van der Waals surface area contributed by atoms with Crippen LogP contribution in [0.1, 0.15) is 46.5 Å². The molecule has 0 spiro atoms. The summed E-state index contributed by atoms with van der Waals surface area (Å²) in [6.07, 6.45) is 5.14. The maximum Gasteiger partial charge on any atom is 0.0661 e. The molecule has 80 valence electrons. The van der Waals surface area contributed by atoms with Crippen LogP contribution in [0.25, 0.3) is 0 Å². The van der Waals surface area contributed by atoms with Crippen molar-refractivity contribution in [1.29, 1.82) is 0 Å². The zero-order valence-electron chi connectivity index (χ0n) is 9.49. The van der Waals surface area contributed by atoms with Crippen molar-refractivity contribution >= 4 is 17.4 Å². The molecular weight excluding hydrogens is 190 g/mol. The van der Waals surface area contributed by atoms with E-state index in [1.807, 2.05) is 0 Å². The van der Waals surface area contributed by atoms with E-state index in [2.05, 4.69) is 30.9 Å². The lowest BCUT2D eigenvalue weighted by Crippen LogP contribution is -2.36. The van der Waals surface area contributed by atoms with Crippen LogP contribution in [0.2, 0.25) is 0 Å². The Balaban J connectivity index is 2.79. The molecular formula is C12H21NS. The maximum atomic E-state index is 4.76. The van der Waals surface area contributed by atoms with Crippen molar-refractivity contribution in [2.75, 3.05) is 0 Å². The lowest BCUT2D eigenvalue weighted by molar-refractivity contribution is 0.151. The molecule has 2 heteroatoms. The van der Waals surface area contributed by atoms with E-state index in [-0.39, 0.29) is 0 Å². The van der Waals surface area contributed by atoms with Crippen molar-refractivity contribution in [3.05, 3.63) is 0 Å². The summed E-state index contributed by atoms with van der Waals surface area (Å²) in [5.74, 6) is 2.27. The predicted octanol–water partition coefficient (Wildman–Crippen LogP) is 3.94. The molecule has 0 bridgehead atoms. The summed E-state index contributed by atoms with van der Waals surface area (Å²) in [5.41, 5.74) is 0. The van der Waals surface area contributed by atoms with Crippen LogP contribution in [0.3, 0.4) is 0 Å². The Kier molecular flexibility index (Phi) is 4.77. The second-order valence-corrected chi connectivity index (χ2v) is 4.69. The SMILES string of the molecule is CCC1CCC(C)C(CC)C1N=C=S. The van der Waals surface area contributed by atoms with E-state index in [4.69, 9.17) is 12.2 Å². The fourth-order valence-electron chi connectivity index (χ4n) is 2.90. The molecule has 4 atom stereocenters. The minimum Gasteiger partial charge on any atom is -0.229 e. The number of rotatable bonds is 3. The molecule has 0 radical (unpaired) electrons. The second-order valence-electron chi connectivity index (χ2n) is 4.51. The van der Waals surface area contributed by atoms with Crippen molar-refractivity contribution in [2.45, 2.75) is 52.5 Å². The molecule has 14 heavy (non-hydrogen) atoms. The topological polar surface area (TPSA) is 12.4 Å². The first kappa shape index (κ1) is 11.9. The Bertz CT molecular complexity index is 220. The van der Waals surface area contributed by atoms with E-state index >= 15 is 0 Å². The first-order valence-electron chi connectivity index (χ1n) is 5.81. The number of hydrogen-bond acceptors (Lipinski definition) is 2. The fraction of sp³-hybridized carbons (Fsp3) is 0.917. The van der Waals surface area contributed by atoms with Gasteiger partial charge in [0.1, 0.15) is 0 Å². The van der Waals surface area contributed by atoms with E-state index in [1.54, 1.807) is 0 Å². The minimum absolute atomic E-state index is 0.450. The van der Waals surface area contributed by atoms with Crippen LogP contribution in [-0.2, 0) is 0 Å². The first-order valence-corrected chi connectivity index (χ1v) is 6.22. The van der Waals surface area contributed by atoms with Crippen LogP contribution in [0.4, 0.5) is 0 Å². The number of thiocarbonyl (C=S) groups is 1. The molecule has 0 heterocycles. The molecule has 1 fully saturated rings. The fourth-order valence-corrected chi connectivity index (χ4v) is 3.02. The predicted molar refractivity (Wildman–Crippen MR) is 64.8 cm³/mol. The first-order chi connectivity index (χ1) is 6.74. The van der Waals surface area contributed by atoms with Gasteiger partial charge in [0.2, 0.25) is 0 Å². The lowest BCUT2D eigenvalue weighted by atomic mass is 9.69. The summed E-state index contributed by atoms with van der Waals surface area (Å²) >= 11 is 4.76. The molecule has 0 aromatic rings. The molecule has 1 aliphatic carbocycles. The summed E-state index contributed by atoms with van der Waals surface area (Å²) in [6, 6.07) is 0.450. The Morgan fingerprint density at radius 3 is 2.50 bits per heavy atom. The zero-order valence-corrected chi connectivity index (χ0v) is 10.3. The van der Waals surface area contributed by atoms with Crippen LogP contribution in [0.15, 0.2) is 4.99 Å². The summed E-state index contributed by atoms with van der Waals surface area (Å²) in [6.45, 7) is 6.89. The summed E-state index contributed by atoms with van der Waals surface area (Å²) in [4.78, 5) is 4.40. The van der Waals surface area contributed by atoms with Crippen molar-refractivity contribution in [3.8, 4) is 0 Å². The number of isothiocyanates is 1. The molecule has 0 aromatic heterocycles. The van der Waals surface area contributed by atoms with Crippen molar-refractivity contribution in [1.82, 2.24) is 0 Å². The van der Waals surface area contributed by atoms with Crippen LogP contribution in [0, 0.1) is 17.8 Å². The lowest BCUT2D eigenvalue weighted by Gasteiger charge is -2.38. The van der Waals surface area contributed by atoms with Crippen LogP contribution in [0.5, 0.6) is 0 Å². The number of hydrogen-bond donors (Lipinski definition) is 0. The third-order valence-corrected chi connectivity index (χ3v) is 3.95. The van der Waals surface area contributed by atoms with Gasteiger partial charge in [0.25, 0.3) is 0 Å². The highest BCUT2D eigenvalue weighted by Gasteiger charge is 2.35. The Morgan fingerprint density at radius 1 is 1.29 bits per heavy atom. The molecule has 0 aromatic carbocycles. The van der Waals surface area contributed by atoms with Gasteiger partial charge in [0.15, 0.2) is 0 Å². The average molecular weight is 211 g/mol. The van der Waals surface area contributed by atoms with E-state index in [0.717, 1.165) is 17.8 Å². The van der Waals surface area contributed by atoms with Gasteiger partial charge in [-0.15, -0.1) is 0 Å². The number of nitrogens with zero attached hydrogens (tertiary/aromatic N) is 1. The second kappa shape index (κ2) is 5.63. The monoisotopic (exact) mass is 211 g/mol. The largest absolute Gasteiger partial charge is 0.229 e. The zero-order chi connectivity index (χ0) is 10.6. The normalized spacial score (nSPS) is 37.6. The van der Waals surface area contributed by atoms with Crippen molar-refractivity contribution in [2.24, 2.45) is 22.7 Å². The molecule has 0 saturated heterocycles. The van der Waals surface area contributed by atoms with Gasteiger partial charge < -0.3 is 0 Å². The Morgan fingerprint density at radius 2 is 2.00 bits per heavy atom. The smallest absolute Gasteiger partial charge is 0.0661 e. The van der Waals surface area contributed by atoms with Gasteiger partial charge in [-0.25, -0.2) is 4.99 Å². The molecule has 1 saturated carbocycles. The Labute approximate surface area is 93.0 Å². The highest BCUT2D eigenvalue weighted by molar-refractivity contribution is 7.78. The quantitative estimate of drug-likeness (QED) is 0.509.